The van der Waals surface area contributed by atoms with Crippen molar-refractivity contribution < 1.29 is 13.5 Å². The van der Waals surface area contributed by atoms with Crippen LogP contribution in [0.25, 0.3) is 0 Å². The Balaban J connectivity index is 2.06. The summed E-state index contributed by atoms with van der Waals surface area (Å²) in [4.78, 5) is 0. The van der Waals surface area contributed by atoms with Crippen molar-refractivity contribution in [3.05, 3.63) is 35.4 Å². The summed E-state index contributed by atoms with van der Waals surface area (Å²) >= 11 is 0. The van der Waals surface area contributed by atoms with Gasteiger partial charge >= 0.3 is 0 Å². The molecule has 112 valence electrons. The minimum atomic E-state index is -0.519. The molecule has 1 fully saturated rings. The fourth-order valence-electron chi connectivity index (χ4n) is 2.78. The lowest BCUT2D eigenvalue weighted by Gasteiger charge is -2.25. The molecule has 0 aromatic heterocycles. The van der Waals surface area contributed by atoms with Crippen molar-refractivity contribution in [3.8, 4) is 0 Å². The molecule has 20 heavy (non-hydrogen) atoms. The zero-order valence-electron chi connectivity index (χ0n) is 12.2. The first kappa shape index (κ1) is 15.4. The standard InChI is InChI=1S/C16H23F2NO/c1-3-6-19-15(16-5-4-11(2)20-16)9-12-7-13(17)10-14(18)8-12/h7-8,10-11,15-16,19H,3-6,9H2,1-2H3. The van der Waals surface area contributed by atoms with Gasteiger partial charge < -0.3 is 10.1 Å². The molecule has 0 bridgehead atoms. The van der Waals surface area contributed by atoms with Gasteiger partial charge in [0.1, 0.15) is 11.6 Å². The van der Waals surface area contributed by atoms with Crippen LogP contribution in [0.1, 0.15) is 38.7 Å². The van der Waals surface area contributed by atoms with E-state index in [1.54, 1.807) is 0 Å². The highest BCUT2D eigenvalue weighted by Crippen LogP contribution is 2.24. The molecule has 0 saturated carbocycles. The number of rotatable bonds is 6. The Kier molecular flexibility index (Phi) is 5.49. The van der Waals surface area contributed by atoms with Gasteiger partial charge in [0.15, 0.2) is 0 Å². The molecule has 1 aliphatic rings. The quantitative estimate of drug-likeness (QED) is 0.863. The first-order valence-corrected chi connectivity index (χ1v) is 7.42. The van der Waals surface area contributed by atoms with E-state index in [1.165, 1.54) is 12.1 Å². The smallest absolute Gasteiger partial charge is 0.126 e. The monoisotopic (exact) mass is 283 g/mol. The van der Waals surface area contributed by atoms with Crippen molar-refractivity contribution >= 4 is 0 Å². The maximum absolute atomic E-state index is 13.3. The summed E-state index contributed by atoms with van der Waals surface area (Å²) in [5.41, 5.74) is 0.680. The lowest BCUT2D eigenvalue weighted by molar-refractivity contribution is 0.0320. The van der Waals surface area contributed by atoms with Gasteiger partial charge in [0.05, 0.1) is 12.2 Å². The minimum Gasteiger partial charge on any atom is -0.374 e. The average Bonchev–Trinajstić information content (AvgIpc) is 2.80. The summed E-state index contributed by atoms with van der Waals surface area (Å²) in [5, 5.41) is 3.45. The molecule has 1 aliphatic heterocycles. The Labute approximate surface area is 119 Å². The van der Waals surface area contributed by atoms with Crippen molar-refractivity contribution in [2.24, 2.45) is 0 Å². The van der Waals surface area contributed by atoms with E-state index in [4.69, 9.17) is 4.74 Å². The van der Waals surface area contributed by atoms with Crippen LogP contribution in [0.4, 0.5) is 8.78 Å². The number of hydrogen-bond acceptors (Lipinski definition) is 2. The van der Waals surface area contributed by atoms with Crippen molar-refractivity contribution in [1.29, 1.82) is 0 Å². The van der Waals surface area contributed by atoms with E-state index in [1.807, 2.05) is 0 Å². The van der Waals surface area contributed by atoms with Crippen LogP contribution in [0, 0.1) is 11.6 Å². The molecule has 2 nitrogen and oxygen atoms in total. The zero-order chi connectivity index (χ0) is 14.5. The number of halogens is 2. The van der Waals surface area contributed by atoms with Gasteiger partial charge in [0.25, 0.3) is 0 Å². The fourth-order valence-corrected chi connectivity index (χ4v) is 2.78. The topological polar surface area (TPSA) is 21.3 Å². The van der Waals surface area contributed by atoms with Crippen LogP contribution in [0.5, 0.6) is 0 Å². The highest BCUT2D eigenvalue weighted by Gasteiger charge is 2.29. The molecular weight excluding hydrogens is 260 g/mol. The van der Waals surface area contributed by atoms with E-state index in [2.05, 4.69) is 19.2 Å². The van der Waals surface area contributed by atoms with Crippen LogP contribution < -0.4 is 5.32 Å². The molecule has 0 amide bonds. The third kappa shape index (κ3) is 4.25. The fraction of sp³-hybridized carbons (Fsp3) is 0.625. The lowest BCUT2D eigenvalue weighted by Crippen LogP contribution is -2.42. The molecule has 0 spiro atoms. The van der Waals surface area contributed by atoms with Crippen molar-refractivity contribution in [2.45, 2.75) is 57.8 Å². The minimum absolute atomic E-state index is 0.112. The molecule has 4 heteroatoms. The highest BCUT2D eigenvalue weighted by molar-refractivity contribution is 5.19. The number of hydrogen-bond donors (Lipinski definition) is 1. The Bertz CT molecular complexity index is 418. The SMILES string of the molecule is CCCNC(Cc1cc(F)cc(F)c1)C1CCC(C)O1. The van der Waals surface area contributed by atoms with Gasteiger partial charge in [-0.1, -0.05) is 6.92 Å². The maximum atomic E-state index is 13.3. The highest BCUT2D eigenvalue weighted by atomic mass is 19.1. The van der Waals surface area contributed by atoms with E-state index >= 15 is 0 Å². The molecule has 3 atom stereocenters. The third-order valence-corrected chi connectivity index (χ3v) is 3.75. The number of benzene rings is 1. The molecule has 2 rings (SSSR count). The molecule has 1 N–H and O–H groups in total. The third-order valence-electron chi connectivity index (χ3n) is 3.75. The summed E-state index contributed by atoms with van der Waals surface area (Å²) in [6, 6.07) is 3.83. The summed E-state index contributed by atoms with van der Waals surface area (Å²) in [6.07, 6.45) is 4.06. The predicted octanol–water partition coefficient (Wildman–Crippen LogP) is 3.44. The molecule has 1 aromatic rings. The van der Waals surface area contributed by atoms with Crippen LogP contribution in [0.3, 0.4) is 0 Å². The van der Waals surface area contributed by atoms with Gasteiger partial charge in [0.2, 0.25) is 0 Å². The average molecular weight is 283 g/mol. The van der Waals surface area contributed by atoms with E-state index in [0.29, 0.717) is 12.0 Å². The first-order chi connectivity index (χ1) is 9.58. The molecule has 1 saturated heterocycles. The van der Waals surface area contributed by atoms with Gasteiger partial charge in [-0.2, -0.15) is 0 Å². The molecular formula is C16H23F2NO. The van der Waals surface area contributed by atoms with Gasteiger partial charge in [0, 0.05) is 12.1 Å². The van der Waals surface area contributed by atoms with E-state index in [9.17, 15) is 8.78 Å². The Morgan fingerprint density at radius 2 is 1.95 bits per heavy atom. The molecule has 0 aliphatic carbocycles. The van der Waals surface area contributed by atoms with Gasteiger partial charge in [-0.25, -0.2) is 8.78 Å². The van der Waals surface area contributed by atoms with E-state index in [0.717, 1.165) is 31.9 Å². The number of nitrogens with one attached hydrogen (secondary N) is 1. The van der Waals surface area contributed by atoms with Crippen LogP contribution >= 0.6 is 0 Å². The summed E-state index contributed by atoms with van der Waals surface area (Å²) in [5.74, 6) is -1.04. The maximum Gasteiger partial charge on any atom is 0.126 e. The summed E-state index contributed by atoms with van der Waals surface area (Å²) in [6.45, 7) is 5.06. The molecule has 1 aromatic carbocycles. The van der Waals surface area contributed by atoms with Gasteiger partial charge in [-0.3, -0.25) is 0 Å². The van der Waals surface area contributed by atoms with Crippen LogP contribution in [-0.2, 0) is 11.2 Å². The van der Waals surface area contributed by atoms with E-state index < -0.39 is 11.6 Å². The van der Waals surface area contributed by atoms with Crippen molar-refractivity contribution in [3.63, 3.8) is 0 Å². The van der Waals surface area contributed by atoms with Gasteiger partial charge in [-0.15, -0.1) is 0 Å². The zero-order valence-corrected chi connectivity index (χ0v) is 12.2. The van der Waals surface area contributed by atoms with Crippen LogP contribution in [-0.4, -0.2) is 24.8 Å². The van der Waals surface area contributed by atoms with Crippen LogP contribution in [0.2, 0.25) is 0 Å². The second kappa shape index (κ2) is 7.14. The Morgan fingerprint density at radius 1 is 1.25 bits per heavy atom. The van der Waals surface area contributed by atoms with E-state index in [-0.39, 0.29) is 18.2 Å². The number of ether oxygens (including phenoxy) is 1. The molecule has 0 radical (unpaired) electrons. The second-order valence-electron chi connectivity index (χ2n) is 5.60. The van der Waals surface area contributed by atoms with Crippen LogP contribution in [0.15, 0.2) is 18.2 Å². The second-order valence-corrected chi connectivity index (χ2v) is 5.60. The first-order valence-electron chi connectivity index (χ1n) is 7.42. The normalized spacial score (nSPS) is 24.0. The summed E-state index contributed by atoms with van der Waals surface area (Å²) in [7, 11) is 0. The Hall–Kier alpha value is -1.00. The van der Waals surface area contributed by atoms with Crippen molar-refractivity contribution in [2.75, 3.05) is 6.54 Å². The largest absolute Gasteiger partial charge is 0.374 e. The Morgan fingerprint density at radius 3 is 2.50 bits per heavy atom. The van der Waals surface area contributed by atoms with Gasteiger partial charge in [-0.05, 0) is 56.8 Å². The predicted molar refractivity (Wildman–Crippen MR) is 75.7 cm³/mol. The molecule has 3 unspecified atom stereocenters. The molecule has 1 heterocycles. The summed E-state index contributed by atoms with van der Waals surface area (Å²) < 4.78 is 32.5. The lowest BCUT2D eigenvalue weighted by atomic mass is 9.99. The van der Waals surface area contributed by atoms with Crippen molar-refractivity contribution in [1.82, 2.24) is 5.32 Å².